The average Bonchev–Trinajstić information content (AvgIpc) is 3.29. The van der Waals surface area contributed by atoms with Crippen LogP contribution in [-0.2, 0) is 39.7 Å². The summed E-state index contributed by atoms with van der Waals surface area (Å²) < 4.78 is 37.8. The fourth-order valence-corrected chi connectivity index (χ4v) is 10.6. The van der Waals surface area contributed by atoms with Gasteiger partial charge in [-0.2, -0.15) is 0 Å². The number of rotatable bonds is 19. The molecule has 3 fully saturated rings. The molecule has 0 spiro atoms. The summed E-state index contributed by atoms with van der Waals surface area (Å²) in [6.45, 7) is 19.3. The van der Waals surface area contributed by atoms with Crippen LogP contribution in [0.2, 0.25) is 0 Å². The summed E-state index contributed by atoms with van der Waals surface area (Å²) in [7, 11) is 1.80. The minimum absolute atomic E-state index is 0.0335. The molecule has 0 saturated carbocycles. The third-order valence-electron chi connectivity index (χ3n) is 15.5. The molecule has 392 valence electrons. The van der Waals surface area contributed by atoms with Gasteiger partial charge in [0.15, 0.2) is 12.6 Å². The molecule has 1 aromatic carbocycles. The summed E-state index contributed by atoms with van der Waals surface area (Å²) in [5, 5.41) is 70.0. The van der Waals surface area contributed by atoms with Crippen LogP contribution in [-0.4, -0.2) is 152 Å². The monoisotopic (exact) mass is 966 g/mol. The second-order valence-electron chi connectivity index (χ2n) is 21.6. The molecule has 3 aliphatic heterocycles. The molecule has 4 rings (SSSR count). The Balaban J connectivity index is 1.57. The number of ketones is 1. The Kier molecular flexibility index (Phi) is 22.2. The summed E-state index contributed by atoms with van der Waals surface area (Å²) in [6, 6.07) is 7.43. The fourth-order valence-electron chi connectivity index (χ4n) is 10.6. The number of nitrogens with zero attached hydrogens (tertiary/aromatic N) is 1. The molecule has 3 heterocycles. The van der Waals surface area contributed by atoms with Gasteiger partial charge in [0.25, 0.3) is 0 Å². The number of hydrogen-bond acceptors (Lipinski definition) is 15. The highest BCUT2D eigenvalue weighted by molar-refractivity contribution is 5.83. The molecule has 0 aromatic heterocycles. The van der Waals surface area contributed by atoms with Gasteiger partial charge in [-0.25, -0.2) is 0 Å². The molecule has 3 saturated heterocycles. The van der Waals surface area contributed by atoms with Gasteiger partial charge in [0.1, 0.15) is 42.1 Å². The number of carbonyl (C=O) groups excluding carboxylic acids is 2. The minimum Gasteiger partial charge on any atom is -0.491 e. The predicted molar refractivity (Wildman–Crippen MR) is 259 cm³/mol. The Labute approximate surface area is 407 Å². The number of esters is 1. The van der Waals surface area contributed by atoms with Crippen molar-refractivity contribution in [2.45, 2.75) is 244 Å². The lowest BCUT2D eigenvalue weighted by molar-refractivity contribution is -0.302. The van der Waals surface area contributed by atoms with Gasteiger partial charge in [0.05, 0.1) is 48.1 Å². The number of Topliss-reactive ketones (excluding diaryl/α,β-unsaturated/α-hetero) is 1. The Morgan fingerprint density at radius 2 is 1.47 bits per heavy atom. The number of aliphatic hydroxyl groups excluding tert-OH is 4. The van der Waals surface area contributed by atoms with Crippen molar-refractivity contribution in [3.8, 4) is 5.75 Å². The molecule has 0 aliphatic carbocycles. The zero-order valence-electron chi connectivity index (χ0n) is 43.5. The Morgan fingerprint density at radius 3 is 2.10 bits per heavy atom. The number of ether oxygens (including phenoxy) is 6. The molecule has 68 heavy (non-hydrogen) atoms. The molecule has 6 N–H and O–H groups in total. The number of cyclic esters (lactones) is 1. The third kappa shape index (κ3) is 15.4. The quantitative estimate of drug-likeness (QED) is 0.0667. The molecule has 0 radical (unpaired) electrons. The van der Waals surface area contributed by atoms with E-state index in [0.717, 1.165) is 12.8 Å². The number of unbranched alkanes of at least 4 members (excludes halogenated alkanes) is 5. The molecule has 1 aromatic rings. The first-order chi connectivity index (χ1) is 31.9. The zero-order chi connectivity index (χ0) is 50.7. The topological polar surface area (TPSA) is 214 Å². The van der Waals surface area contributed by atoms with Crippen LogP contribution in [0.3, 0.4) is 0 Å². The van der Waals surface area contributed by atoms with Crippen LogP contribution < -0.4 is 4.74 Å². The number of likely N-dealkylation sites (N-methyl/N-ethyl adjacent to an activating group) is 1. The van der Waals surface area contributed by atoms with Crippen LogP contribution in [0.4, 0.5) is 0 Å². The molecule has 0 amide bonds. The Bertz CT molecular complexity index is 1680. The van der Waals surface area contributed by atoms with Gasteiger partial charge < -0.3 is 59.1 Å². The van der Waals surface area contributed by atoms with E-state index in [9.17, 15) is 40.2 Å². The number of carbonyl (C=O) groups is 2. The van der Waals surface area contributed by atoms with Gasteiger partial charge in [-0.3, -0.25) is 14.5 Å². The van der Waals surface area contributed by atoms with Gasteiger partial charge in [-0.15, -0.1) is 0 Å². The molecule has 0 bridgehead atoms. The number of aliphatic hydroxyl groups is 6. The van der Waals surface area contributed by atoms with E-state index in [1.165, 1.54) is 58.4 Å². The van der Waals surface area contributed by atoms with E-state index < -0.39 is 120 Å². The van der Waals surface area contributed by atoms with E-state index >= 15 is 0 Å². The van der Waals surface area contributed by atoms with E-state index in [1.807, 2.05) is 37.8 Å². The zero-order valence-corrected chi connectivity index (χ0v) is 43.5. The SMILES string of the molecule is CCCCCCCCc1ccc(OCC(O)CN(C)[C@H]2C[C@@H](C)OC(O[C@@H]3C[C@H](OC4C[C@@](C)(CC)[C@@H](O)[C@H](C)O4)[C@@H](C)C(=O)O[C@H](CC)[C@@](C)(O)[C@H](O)[C@@H](C)C(=O)[C@H](C)C[C@@]3(C)O)[C@@H]2O)cc1. The van der Waals surface area contributed by atoms with Crippen molar-refractivity contribution in [1.29, 1.82) is 0 Å². The largest absolute Gasteiger partial charge is 0.491 e. The summed E-state index contributed by atoms with van der Waals surface area (Å²) in [5.74, 6) is -3.53. The summed E-state index contributed by atoms with van der Waals surface area (Å²) in [5.41, 5.74) is -3.17. The maximum atomic E-state index is 14.2. The van der Waals surface area contributed by atoms with Crippen LogP contribution >= 0.6 is 0 Å². The van der Waals surface area contributed by atoms with Crippen molar-refractivity contribution in [2.24, 2.45) is 23.2 Å². The van der Waals surface area contributed by atoms with Crippen LogP contribution in [0.5, 0.6) is 5.75 Å². The van der Waals surface area contributed by atoms with Crippen LogP contribution in [0, 0.1) is 23.2 Å². The minimum atomic E-state index is -2.01. The first kappa shape index (κ1) is 58.3. The second-order valence-corrected chi connectivity index (χ2v) is 21.6. The lowest BCUT2D eigenvalue weighted by Gasteiger charge is -2.47. The number of hydrogen-bond donors (Lipinski definition) is 6. The van der Waals surface area contributed by atoms with Gasteiger partial charge >= 0.3 is 5.97 Å². The first-order valence-corrected chi connectivity index (χ1v) is 25.8. The standard InChI is InChI=1S/C53H91NO14/c1-13-16-17-18-19-20-21-37-22-24-39(25-23-37)63-31-38(55)30-54(12)40-26-33(5)64-50(46(40)57)68-43-27-41(66-44-29-51(9,15-3)48(59)36(8)65-44)34(6)49(60)67-42(14-2)53(11,62)47(58)35(7)45(56)32(4)28-52(43,10)61/h22-25,32-36,38,40-44,46-48,50,55,57-59,61-62H,13-21,26-31H2,1-12H3/t32-,33-,34-,35+,36+,38?,40+,41+,42-,43-,44?,46-,47-,48+,50?,51-,52-,53-/m1/s1. The molecular weight excluding hydrogens is 875 g/mol. The van der Waals surface area contributed by atoms with E-state index in [4.69, 9.17) is 28.4 Å². The van der Waals surface area contributed by atoms with Gasteiger partial charge in [0.2, 0.25) is 0 Å². The number of benzene rings is 1. The van der Waals surface area contributed by atoms with Crippen molar-refractivity contribution < 1.29 is 68.6 Å². The van der Waals surface area contributed by atoms with Crippen molar-refractivity contribution in [3.63, 3.8) is 0 Å². The third-order valence-corrected chi connectivity index (χ3v) is 15.5. The van der Waals surface area contributed by atoms with Crippen LogP contribution in [0.1, 0.15) is 159 Å². The molecular formula is C53H91NO14. The first-order valence-electron chi connectivity index (χ1n) is 25.8. The van der Waals surface area contributed by atoms with Crippen LogP contribution in [0.25, 0.3) is 0 Å². The van der Waals surface area contributed by atoms with Crippen molar-refractivity contribution >= 4 is 11.8 Å². The summed E-state index contributed by atoms with van der Waals surface area (Å²) in [4.78, 5) is 30.1. The molecule has 3 aliphatic rings. The predicted octanol–water partition coefficient (Wildman–Crippen LogP) is 6.26. The van der Waals surface area contributed by atoms with E-state index in [0.29, 0.717) is 18.6 Å². The van der Waals surface area contributed by atoms with Crippen molar-refractivity contribution in [3.05, 3.63) is 29.8 Å². The molecule has 3 unspecified atom stereocenters. The summed E-state index contributed by atoms with van der Waals surface area (Å²) >= 11 is 0. The molecule has 15 heteroatoms. The normalized spacial score (nSPS) is 39.6. The van der Waals surface area contributed by atoms with Crippen molar-refractivity contribution in [1.82, 2.24) is 4.90 Å². The Hall–Kier alpha value is -2.28. The van der Waals surface area contributed by atoms with E-state index in [2.05, 4.69) is 19.1 Å². The fraction of sp³-hybridized carbons (Fsp3) is 0.849. The highest BCUT2D eigenvalue weighted by Crippen LogP contribution is 2.42. The lowest BCUT2D eigenvalue weighted by Crippen LogP contribution is -2.59. The second kappa shape index (κ2) is 25.9. The molecule has 15 nitrogen and oxygen atoms in total. The highest BCUT2D eigenvalue weighted by atomic mass is 16.7. The maximum absolute atomic E-state index is 14.2. The number of aryl methyl sites for hydroxylation is 1. The molecule has 18 atom stereocenters. The van der Waals surface area contributed by atoms with Gasteiger partial charge in [-0.05, 0) is 97.9 Å². The van der Waals surface area contributed by atoms with E-state index in [-0.39, 0.29) is 38.8 Å². The smallest absolute Gasteiger partial charge is 0.311 e. The van der Waals surface area contributed by atoms with Crippen LogP contribution in [0.15, 0.2) is 24.3 Å². The average molecular weight is 966 g/mol. The van der Waals surface area contributed by atoms with Gasteiger partial charge in [-0.1, -0.05) is 85.8 Å². The Morgan fingerprint density at radius 1 is 0.824 bits per heavy atom. The maximum Gasteiger partial charge on any atom is 0.311 e. The van der Waals surface area contributed by atoms with Gasteiger partial charge in [0, 0.05) is 42.7 Å². The lowest BCUT2D eigenvalue weighted by atomic mass is 9.74. The highest BCUT2D eigenvalue weighted by Gasteiger charge is 2.51. The van der Waals surface area contributed by atoms with Crippen molar-refractivity contribution in [2.75, 3.05) is 20.2 Å². The summed E-state index contributed by atoms with van der Waals surface area (Å²) in [6.07, 6.45) is -1.74. The van der Waals surface area contributed by atoms with E-state index in [1.54, 1.807) is 34.7 Å².